The fraction of sp³-hybridized carbons (Fsp3) is 0.105. The Balaban J connectivity index is 2.04. The van der Waals surface area contributed by atoms with Crippen LogP contribution in [-0.4, -0.2) is 29.7 Å². The number of nitrogens with zero attached hydrogens (tertiary/aromatic N) is 2. The Morgan fingerprint density at radius 2 is 2.15 bits per heavy atom. The van der Waals surface area contributed by atoms with Gasteiger partial charge in [-0.05, 0) is 24.3 Å². The Labute approximate surface area is 149 Å². The molecule has 0 aliphatic rings. The zero-order valence-electron chi connectivity index (χ0n) is 13.7. The Morgan fingerprint density at radius 3 is 2.92 bits per heavy atom. The van der Waals surface area contributed by atoms with Gasteiger partial charge in [-0.3, -0.25) is 4.79 Å². The lowest BCUT2D eigenvalue weighted by Gasteiger charge is -2.13. The molecule has 0 spiro atoms. The molecule has 1 heterocycles. The molecule has 0 radical (unpaired) electrons. The lowest BCUT2D eigenvalue weighted by atomic mass is 10.1. The highest BCUT2D eigenvalue weighted by Crippen LogP contribution is 2.33. The minimum atomic E-state index is -0.638. The van der Waals surface area contributed by atoms with E-state index in [1.54, 1.807) is 12.1 Å². The predicted molar refractivity (Wildman–Crippen MR) is 98.4 cm³/mol. The molecule has 7 heteroatoms. The van der Waals surface area contributed by atoms with Crippen molar-refractivity contribution >= 4 is 34.5 Å². The number of amides is 1. The van der Waals surface area contributed by atoms with Crippen molar-refractivity contribution in [3.05, 3.63) is 48.3 Å². The van der Waals surface area contributed by atoms with Gasteiger partial charge in [-0.25, -0.2) is 14.4 Å². The summed E-state index contributed by atoms with van der Waals surface area (Å²) in [4.78, 5) is 19.4. The van der Waals surface area contributed by atoms with Crippen LogP contribution in [-0.2, 0) is 4.79 Å². The average Bonchev–Trinajstić information content (AvgIpc) is 2.67. The topological polar surface area (TPSA) is 76.1 Å². The molecule has 3 rings (SSSR count). The molecule has 2 N–H and O–H groups in total. The van der Waals surface area contributed by atoms with Gasteiger partial charge in [0.15, 0.2) is 0 Å². The number of halogens is 1. The van der Waals surface area contributed by atoms with Gasteiger partial charge in [-0.1, -0.05) is 12.0 Å². The van der Waals surface area contributed by atoms with Gasteiger partial charge >= 0.3 is 0 Å². The van der Waals surface area contributed by atoms with Crippen LogP contribution >= 0.6 is 0 Å². The summed E-state index contributed by atoms with van der Waals surface area (Å²) in [5.41, 5.74) is 2.48. The summed E-state index contributed by atoms with van der Waals surface area (Å²) in [6, 6.07) is 10.6. The van der Waals surface area contributed by atoms with Crippen LogP contribution in [0.15, 0.2) is 42.7 Å². The zero-order chi connectivity index (χ0) is 18.4. The van der Waals surface area contributed by atoms with Gasteiger partial charge in [-0.2, -0.15) is 0 Å². The number of fused-ring (bicyclic) bond motifs is 1. The molecule has 0 fully saturated rings. The van der Waals surface area contributed by atoms with Gasteiger partial charge in [0.1, 0.15) is 31.2 Å². The Morgan fingerprint density at radius 1 is 1.27 bits per heavy atom. The molecular weight excluding hydrogens is 335 g/mol. The molecule has 0 bridgehead atoms. The normalized spacial score (nSPS) is 10.2. The molecule has 0 atom stereocenters. The molecule has 0 unspecified atom stereocenters. The van der Waals surface area contributed by atoms with Gasteiger partial charge in [0.25, 0.3) is 0 Å². The van der Waals surface area contributed by atoms with Gasteiger partial charge in [0.05, 0.1) is 11.2 Å². The predicted octanol–water partition coefficient (Wildman–Crippen LogP) is 3.27. The van der Waals surface area contributed by atoms with Gasteiger partial charge < -0.3 is 15.4 Å². The number of nitrogens with one attached hydrogen (secondary N) is 2. The number of alkyl halides is 1. The highest BCUT2D eigenvalue weighted by atomic mass is 19.1. The highest BCUT2D eigenvalue weighted by Gasteiger charge is 2.11. The number of carbonyl (C=O) groups excluding carboxylic acids is 1. The maximum atomic E-state index is 12.4. The lowest BCUT2D eigenvalue weighted by Crippen LogP contribution is -2.04. The number of terminal acetylenes is 1. The van der Waals surface area contributed by atoms with Crippen LogP contribution in [0.2, 0.25) is 0 Å². The van der Waals surface area contributed by atoms with Crippen LogP contribution in [0.4, 0.5) is 21.6 Å². The first-order chi connectivity index (χ1) is 12.7. The van der Waals surface area contributed by atoms with Crippen molar-refractivity contribution in [3.8, 4) is 18.1 Å². The zero-order valence-corrected chi connectivity index (χ0v) is 13.7. The molecular formula is C19H15FN4O2. The highest BCUT2D eigenvalue weighted by molar-refractivity contribution is 5.96. The molecule has 0 aliphatic carbocycles. The molecule has 0 saturated heterocycles. The minimum absolute atomic E-state index is 0.117. The second-order valence-corrected chi connectivity index (χ2v) is 5.24. The Bertz CT molecular complexity index is 985. The number of anilines is 3. The third-order valence-corrected chi connectivity index (χ3v) is 3.58. The molecule has 0 saturated carbocycles. The third-order valence-electron chi connectivity index (χ3n) is 3.58. The summed E-state index contributed by atoms with van der Waals surface area (Å²) in [6.07, 6.45) is 7.36. The van der Waals surface area contributed by atoms with E-state index in [9.17, 15) is 9.18 Å². The Hall–Kier alpha value is -3.66. The molecule has 26 heavy (non-hydrogen) atoms. The lowest BCUT2D eigenvalue weighted by molar-refractivity contribution is -0.105. The summed E-state index contributed by atoms with van der Waals surface area (Å²) < 4.78 is 17.7. The molecule has 1 aromatic heterocycles. The quantitative estimate of drug-likeness (QED) is 0.505. The van der Waals surface area contributed by atoms with E-state index < -0.39 is 6.67 Å². The largest absolute Gasteiger partial charge is 0.489 e. The SMILES string of the molecule is C#Cc1cccc(Nc2ncnc3cc(OCCF)c(NC=O)cc23)c1. The maximum absolute atomic E-state index is 12.4. The van der Waals surface area contributed by atoms with Crippen molar-refractivity contribution in [2.24, 2.45) is 0 Å². The molecule has 0 aliphatic heterocycles. The maximum Gasteiger partial charge on any atom is 0.211 e. The van der Waals surface area contributed by atoms with Crippen molar-refractivity contribution < 1.29 is 13.9 Å². The van der Waals surface area contributed by atoms with E-state index in [1.807, 2.05) is 24.3 Å². The number of hydrogen-bond donors (Lipinski definition) is 2. The summed E-state index contributed by atoms with van der Waals surface area (Å²) in [6.45, 7) is -0.755. The van der Waals surface area contributed by atoms with E-state index in [-0.39, 0.29) is 6.61 Å². The summed E-state index contributed by atoms with van der Waals surface area (Å²) in [7, 11) is 0. The fourth-order valence-electron chi connectivity index (χ4n) is 2.45. The first-order valence-corrected chi connectivity index (χ1v) is 7.76. The number of ether oxygens (including phenoxy) is 1. The molecule has 130 valence electrons. The van der Waals surface area contributed by atoms with Crippen molar-refractivity contribution in [2.45, 2.75) is 0 Å². The molecule has 1 amide bonds. The van der Waals surface area contributed by atoms with Crippen LogP contribution in [0.5, 0.6) is 5.75 Å². The molecule has 2 aromatic carbocycles. The van der Waals surface area contributed by atoms with Crippen molar-refractivity contribution in [1.82, 2.24) is 9.97 Å². The van der Waals surface area contributed by atoms with Crippen molar-refractivity contribution in [1.29, 1.82) is 0 Å². The van der Waals surface area contributed by atoms with Crippen LogP contribution in [0.25, 0.3) is 10.9 Å². The second-order valence-electron chi connectivity index (χ2n) is 5.24. The first-order valence-electron chi connectivity index (χ1n) is 7.76. The monoisotopic (exact) mass is 350 g/mol. The van der Waals surface area contributed by atoms with E-state index >= 15 is 0 Å². The van der Waals surface area contributed by atoms with Gasteiger partial charge in [0, 0.05) is 22.7 Å². The first kappa shape index (κ1) is 17.2. The van der Waals surface area contributed by atoms with E-state index in [0.717, 1.165) is 11.3 Å². The van der Waals surface area contributed by atoms with Crippen LogP contribution in [0, 0.1) is 12.3 Å². The number of carbonyl (C=O) groups is 1. The van der Waals surface area contributed by atoms with Gasteiger partial charge in [-0.15, -0.1) is 6.42 Å². The second kappa shape index (κ2) is 7.94. The van der Waals surface area contributed by atoms with E-state index in [4.69, 9.17) is 11.2 Å². The molecule has 3 aromatic rings. The minimum Gasteiger partial charge on any atom is -0.489 e. The number of hydrogen-bond acceptors (Lipinski definition) is 5. The third kappa shape index (κ3) is 3.70. The van der Waals surface area contributed by atoms with Crippen LogP contribution in [0.1, 0.15) is 5.56 Å². The van der Waals surface area contributed by atoms with E-state index in [1.165, 1.54) is 6.33 Å². The van der Waals surface area contributed by atoms with E-state index in [2.05, 4.69) is 26.5 Å². The summed E-state index contributed by atoms with van der Waals surface area (Å²) in [5, 5.41) is 6.40. The van der Waals surface area contributed by atoms with Crippen molar-refractivity contribution in [3.63, 3.8) is 0 Å². The Kier molecular flexibility index (Phi) is 5.25. The average molecular weight is 350 g/mol. The standard InChI is InChI=1S/C19H15FN4O2/c1-2-13-4-3-5-14(8-13)24-19-15-9-17(23-12-25)18(26-7-6-20)10-16(15)21-11-22-19/h1,3-5,8-12H,6-7H2,(H,23,25)(H,21,22,24). The van der Waals surface area contributed by atoms with Crippen LogP contribution < -0.4 is 15.4 Å². The van der Waals surface area contributed by atoms with Crippen LogP contribution in [0.3, 0.4) is 0 Å². The summed E-state index contributed by atoms with van der Waals surface area (Å²) in [5.74, 6) is 3.45. The fourth-order valence-corrected chi connectivity index (χ4v) is 2.45. The van der Waals surface area contributed by atoms with E-state index in [0.29, 0.717) is 34.6 Å². The number of rotatable bonds is 7. The van der Waals surface area contributed by atoms with Crippen molar-refractivity contribution in [2.75, 3.05) is 23.9 Å². The number of benzene rings is 2. The van der Waals surface area contributed by atoms with Gasteiger partial charge in [0.2, 0.25) is 6.41 Å². The molecule has 6 nitrogen and oxygen atoms in total. The summed E-state index contributed by atoms with van der Waals surface area (Å²) >= 11 is 0. The number of aromatic nitrogens is 2. The smallest absolute Gasteiger partial charge is 0.211 e.